The van der Waals surface area contributed by atoms with E-state index in [1.54, 1.807) is 0 Å². The van der Waals surface area contributed by atoms with E-state index in [4.69, 9.17) is 5.73 Å². The highest BCUT2D eigenvalue weighted by Gasteiger charge is 2.24. The molecule has 1 fully saturated rings. The van der Waals surface area contributed by atoms with Crippen LogP contribution in [-0.2, 0) is 9.59 Å². The van der Waals surface area contributed by atoms with Crippen LogP contribution >= 0.6 is 0 Å². The Morgan fingerprint density at radius 2 is 1.80 bits per heavy atom. The predicted octanol–water partition coefficient (Wildman–Crippen LogP) is 1.32. The fourth-order valence-electron chi connectivity index (χ4n) is 2.60. The van der Waals surface area contributed by atoms with Gasteiger partial charge in [-0.15, -0.1) is 0 Å². The first-order chi connectivity index (χ1) is 9.28. The molecule has 0 aromatic heterocycles. The van der Waals surface area contributed by atoms with Crippen molar-refractivity contribution in [2.45, 2.75) is 70.9 Å². The highest BCUT2D eigenvalue weighted by molar-refractivity contribution is 5.79. The number of hydrogen-bond donors (Lipinski definition) is 3. The van der Waals surface area contributed by atoms with E-state index in [0.29, 0.717) is 25.3 Å². The Morgan fingerprint density at radius 1 is 1.15 bits per heavy atom. The molecular weight excluding hydrogens is 254 g/mol. The maximum absolute atomic E-state index is 11.8. The summed E-state index contributed by atoms with van der Waals surface area (Å²) in [6.07, 6.45) is 5.21. The lowest BCUT2D eigenvalue weighted by Crippen LogP contribution is -2.42. The van der Waals surface area contributed by atoms with Crippen molar-refractivity contribution < 1.29 is 9.59 Å². The van der Waals surface area contributed by atoms with Gasteiger partial charge in [0.15, 0.2) is 0 Å². The Hall–Kier alpha value is -1.10. The van der Waals surface area contributed by atoms with E-state index in [2.05, 4.69) is 10.6 Å². The molecule has 0 aromatic rings. The van der Waals surface area contributed by atoms with Crippen molar-refractivity contribution in [2.75, 3.05) is 6.54 Å². The summed E-state index contributed by atoms with van der Waals surface area (Å²) in [5, 5.41) is 5.68. The predicted molar refractivity (Wildman–Crippen MR) is 80.1 cm³/mol. The van der Waals surface area contributed by atoms with Crippen molar-refractivity contribution in [1.82, 2.24) is 10.6 Å². The van der Waals surface area contributed by atoms with Gasteiger partial charge in [0.1, 0.15) is 0 Å². The summed E-state index contributed by atoms with van der Waals surface area (Å²) in [7, 11) is 0. The molecule has 2 amide bonds. The van der Waals surface area contributed by atoms with Gasteiger partial charge in [0.25, 0.3) is 0 Å². The molecule has 4 N–H and O–H groups in total. The molecule has 1 rings (SSSR count). The number of nitrogens with one attached hydrogen (secondary N) is 2. The molecule has 5 nitrogen and oxygen atoms in total. The molecule has 2 unspecified atom stereocenters. The maximum Gasteiger partial charge on any atom is 0.222 e. The number of amides is 2. The molecule has 116 valence electrons. The zero-order chi connectivity index (χ0) is 15.2. The van der Waals surface area contributed by atoms with Crippen LogP contribution in [0.15, 0.2) is 0 Å². The molecule has 0 bridgehead atoms. The summed E-state index contributed by atoms with van der Waals surface area (Å²) in [5.41, 5.74) is 5.80. The summed E-state index contributed by atoms with van der Waals surface area (Å²) in [6, 6.07) is 0.152. The van der Waals surface area contributed by atoms with Crippen LogP contribution in [0.5, 0.6) is 0 Å². The molecule has 0 heterocycles. The largest absolute Gasteiger partial charge is 0.356 e. The first-order valence-electron chi connectivity index (χ1n) is 7.61. The van der Waals surface area contributed by atoms with Crippen molar-refractivity contribution in [3.63, 3.8) is 0 Å². The van der Waals surface area contributed by atoms with E-state index in [1.807, 2.05) is 20.8 Å². The zero-order valence-electron chi connectivity index (χ0n) is 13.0. The van der Waals surface area contributed by atoms with Crippen molar-refractivity contribution >= 4 is 11.8 Å². The van der Waals surface area contributed by atoms with Crippen LogP contribution < -0.4 is 16.4 Å². The third kappa shape index (κ3) is 6.89. The van der Waals surface area contributed by atoms with Crippen molar-refractivity contribution in [2.24, 2.45) is 11.7 Å². The Kier molecular flexibility index (Phi) is 6.46. The average Bonchev–Trinajstić information content (AvgIpc) is 2.29. The summed E-state index contributed by atoms with van der Waals surface area (Å²) >= 11 is 0. The summed E-state index contributed by atoms with van der Waals surface area (Å²) in [5.74, 6) is 0.273. The molecule has 5 heteroatoms. The zero-order valence-corrected chi connectivity index (χ0v) is 13.0. The van der Waals surface area contributed by atoms with Crippen LogP contribution in [0.3, 0.4) is 0 Å². The van der Waals surface area contributed by atoms with Crippen LogP contribution in [0.1, 0.15) is 59.3 Å². The van der Waals surface area contributed by atoms with Gasteiger partial charge in [-0.25, -0.2) is 0 Å². The van der Waals surface area contributed by atoms with Gasteiger partial charge in [0.2, 0.25) is 11.8 Å². The molecule has 0 saturated heterocycles. The van der Waals surface area contributed by atoms with E-state index in [1.165, 1.54) is 12.8 Å². The number of carbonyl (C=O) groups is 2. The minimum Gasteiger partial charge on any atom is -0.356 e. The normalized spacial score (nSPS) is 23.2. The van der Waals surface area contributed by atoms with E-state index in [0.717, 1.165) is 12.8 Å². The molecule has 0 aliphatic heterocycles. The second-order valence-corrected chi connectivity index (χ2v) is 6.81. The molecule has 0 spiro atoms. The molecule has 20 heavy (non-hydrogen) atoms. The lowest BCUT2D eigenvalue weighted by Gasteiger charge is -2.28. The van der Waals surface area contributed by atoms with Gasteiger partial charge in [-0.3, -0.25) is 9.59 Å². The highest BCUT2D eigenvalue weighted by Crippen LogP contribution is 2.25. The summed E-state index contributed by atoms with van der Waals surface area (Å²) in [4.78, 5) is 23.4. The van der Waals surface area contributed by atoms with Crippen LogP contribution in [0.4, 0.5) is 0 Å². The third-order valence-electron chi connectivity index (χ3n) is 3.60. The fraction of sp³-hybridized carbons (Fsp3) is 0.867. The molecule has 0 radical (unpaired) electrons. The first kappa shape index (κ1) is 17.0. The van der Waals surface area contributed by atoms with Crippen LogP contribution in [0.2, 0.25) is 0 Å². The molecular formula is C15H29N3O2. The molecule has 1 aliphatic rings. The molecule has 0 aromatic carbocycles. The monoisotopic (exact) mass is 283 g/mol. The fourth-order valence-corrected chi connectivity index (χ4v) is 2.60. The van der Waals surface area contributed by atoms with Gasteiger partial charge < -0.3 is 16.4 Å². The van der Waals surface area contributed by atoms with E-state index >= 15 is 0 Å². The minimum absolute atomic E-state index is 0.0101. The van der Waals surface area contributed by atoms with E-state index in [-0.39, 0.29) is 23.4 Å². The Labute approximate surface area is 122 Å². The van der Waals surface area contributed by atoms with Gasteiger partial charge in [0.05, 0.1) is 0 Å². The first-order valence-corrected chi connectivity index (χ1v) is 7.61. The minimum atomic E-state index is -0.226. The summed E-state index contributed by atoms with van der Waals surface area (Å²) in [6.45, 7) is 6.21. The number of nitrogens with two attached hydrogens (primary N) is 1. The summed E-state index contributed by atoms with van der Waals surface area (Å²) < 4.78 is 0. The number of hydrogen-bond acceptors (Lipinski definition) is 3. The number of rotatable bonds is 5. The smallest absolute Gasteiger partial charge is 0.222 e. The Balaban J connectivity index is 2.18. The van der Waals surface area contributed by atoms with Crippen LogP contribution in [0, 0.1) is 5.92 Å². The van der Waals surface area contributed by atoms with Gasteiger partial charge in [0, 0.05) is 31.0 Å². The lowest BCUT2D eigenvalue weighted by molar-refractivity contribution is -0.123. The average molecular weight is 283 g/mol. The van der Waals surface area contributed by atoms with Crippen molar-refractivity contribution in [3.05, 3.63) is 0 Å². The van der Waals surface area contributed by atoms with Gasteiger partial charge >= 0.3 is 0 Å². The van der Waals surface area contributed by atoms with Crippen LogP contribution in [-0.4, -0.2) is 29.9 Å². The SMILES string of the molecule is CC(C)(C)NC(=O)CCNC(=O)CC1CCCCC1N. The van der Waals surface area contributed by atoms with Crippen molar-refractivity contribution in [1.29, 1.82) is 0 Å². The highest BCUT2D eigenvalue weighted by atomic mass is 16.2. The quantitative estimate of drug-likeness (QED) is 0.711. The topological polar surface area (TPSA) is 84.2 Å². The standard InChI is InChI=1S/C15H29N3O2/c1-15(2,3)18-13(19)8-9-17-14(20)10-11-6-4-5-7-12(11)16/h11-12H,4-10,16H2,1-3H3,(H,17,20)(H,18,19). The van der Waals surface area contributed by atoms with Gasteiger partial charge in [-0.1, -0.05) is 12.8 Å². The van der Waals surface area contributed by atoms with Gasteiger partial charge in [-0.2, -0.15) is 0 Å². The second-order valence-electron chi connectivity index (χ2n) is 6.81. The molecule has 1 aliphatic carbocycles. The second kappa shape index (κ2) is 7.62. The Morgan fingerprint density at radius 3 is 2.40 bits per heavy atom. The number of carbonyl (C=O) groups excluding carboxylic acids is 2. The molecule has 1 saturated carbocycles. The maximum atomic E-state index is 11.8. The van der Waals surface area contributed by atoms with Crippen LogP contribution in [0.25, 0.3) is 0 Å². The molecule has 2 atom stereocenters. The van der Waals surface area contributed by atoms with E-state index in [9.17, 15) is 9.59 Å². The van der Waals surface area contributed by atoms with E-state index < -0.39 is 0 Å². The Bertz CT molecular complexity index is 337. The third-order valence-corrected chi connectivity index (χ3v) is 3.60. The van der Waals surface area contributed by atoms with Gasteiger partial charge in [-0.05, 0) is 39.5 Å². The lowest BCUT2D eigenvalue weighted by atomic mass is 9.83. The van der Waals surface area contributed by atoms with Crippen molar-refractivity contribution in [3.8, 4) is 0 Å².